The number of aromatic hydroxyl groups is 1. The van der Waals surface area contributed by atoms with Gasteiger partial charge in [0.2, 0.25) is 5.88 Å². The first-order chi connectivity index (χ1) is 15.5. The smallest absolute Gasteiger partial charge is 0.328 e. The molecule has 0 unspecified atom stereocenters. The van der Waals surface area contributed by atoms with Gasteiger partial charge in [-0.05, 0) is 65.0 Å². The van der Waals surface area contributed by atoms with Crippen LogP contribution in [0.25, 0.3) is 11.1 Å². The van der Waals surface area contributed by atoms with Gasteiger partial charge in [-0.1, -0.05) is 33.8 Å². The first-order valence-corrected chi connectivity index (χ1v) is 11.4. The van der Waals surface area contributed by atoms with E-state index >= 15 is 0 Å². The van der Waals surface area contributed by atoms with E-state index in [4.69, 9.17) is 9.47 Å². The van der Waals surface area contributed by atoms with Crippen molar-refractivity contribution in [1.29, 1.82) is 0 Å². The molecular weight excluding hydrogens is 416 g/mol. The van der Waals surface area contributed by atoms with Crippen LogP contribution in [0, 0.1) is 6.92 Å². The number of aromatic nitrogens is 2. The van der Waals surface area contributed by atoms with Gasteiger partial charge in [-0.15, -0.1) is 0 Å². The molecule has 1 aliphatic rings. The number of ether oxygens (including phenoxy) is 2. The molecule has 33 heavy (non-hydrogen) atoms. The molecule has 0 aliphatic heterocycles. The molecular formula is C27H34N2O4. The molecule has 0 amide bonds. The summed E-state index contributed by atoms with van der Waals surface area (Å²) in [7, 11) is 3.26. The molecule has 0 radical (unpaired) electrons. The zero-order chi connectivity index (χ0) is 24.1. The summed E-state index contributed by atoms with van der Waals surface area (Å²) < 4.78 is 12.8. The van der Waals surface area contributed by atoms with Crippen LogP contribution in [0.1, 0.15) is 62.8 Å². The van der Waals surface area contributed by atoms with Crippen LogP contribution in [-0.4, -0.2) is 28.9 Å². The number of H-pyrrole nitrogens is 1. The van der Waals surface area contributed by atoms with Gasteiger partial charge in [0.05, 0.1) is 27.0 Å². The van der Waals surface area contributed by atoms with Crippen LogP contribution in [0.5, 0.6) is 17.4 Å². The third-order valence-corrected chi connectivity index (χ3v) is 7.21. The molecule has 1 heterocycles. The van der Waals surface area contributed by atoms with Gasteiger partial charge in [0, 0.05) is 17.2 Å². The van der Waals surface area contributed by atoms with E-state index in [0.717, 1.165) is 28.9 Å². The van der Waals surface area contributed by atoms with Crippen LogP contribution >= 0.6 is 0 Å². The summed E-state index contributed by atoms with van der Waals surface area (Å²) in [5.41, 5.74) is 6.74. The molecule has 176 valence electrons. The fourth-order valence-corrected chi connectivity index (χ4v) is 5.03. The van der Waals surface area contributed by atoms with E-state index in [1.807, 2.05) is 12.1 Å². The minimum Gasteiger partial charge on any atom is -0.496 e. The van der Waals surface area contributed by atoms with Crippen LogP contribution in [0.15, 0.2) is 35.3 Å². The first-order valence-electron chi connectivity index (χ1n) is 11.4. The average Bonchev–Trinajstić information content (AvgIpc) is 3.07. The summed E-state index contributed by atoms with van der Waals surface area (Å²) in [4.78, 5) is 14.5. The summed E-state index contributed by atoms with van der Waals surface area (Å²) in [5, 5.41) is 9.67. The second kappa shape index (κ2) is 8.01. The van der Waals surface area contributed by atoms with E-state index in [1.54, 1.807) is 14.2 Å². The van der Waals surface area contributed by atoms with Gasteiger partial charge in [0.15, 0.2) is 0 Å². The Labute approximate surface area is 195 Å². The highest BCUT2D eigenvalue weighted by Gasteiger charge is 2.37. The Morgan fingerprint density at radius 2 is 1.55 bits per heavy atom. The number of rotatable bonds is 5. The maximum absolute atomic E-state index is 12.2. The number of methoxy groups -OCH3 is 2. The molecule has 3 aromatic rings. The van der Waals surface area contributed by atoms with Crippen molar-refractivity contribution >= 4 is 0 Å². The molecule has 6 heteroatoms. The Morgan fingerprint density at radius 3 is 2.09 bits per heavy atom. The third-order valence-electron chi connectivity index (χ3n) is 7.21. The molecule has 0 atom stereocenters. The lowest BCUT2D eigenvalue weighted by molar-refractivity contribution is 0.332. The lowest BCUT2D eigenvalue weighted by Gasteiger charge is -2.42. The second-order valence-electron chi connectivity index (χ2n) is 10.4. The average molecular weight is 451 g/mol. The molecule has 2 N–H and O–H groups in total. The van der Waals surface area contributed by atoms with E-state index < -0.39 is 0 Å². The van der Waals surface area contributed by atoms with Gasteiger partial charge in [0.25, 0.3) is 0 Å². The summed E-state index contributed by atoms with van der Waals surface area (Å²) in [6.45, 7) is 11.7. The Balaban J connectivity index is 1.92. The van der Waals surface area contributed by atoms with Crippen LogP contribution in [-0.2, 0) is 17.4 Å². The Hall–Kier alpha value is -3.15. The number of aromatic amines is 1. The fraction of sp³-hybridized carbons (Fsp3) is 0.444. The van der Waals surface area contributed by atoms with E-state index in [1.165, 1.54) is 33.9 Å². The Morgan fingerprint density at radius 1 is 0.939 bits per heavy atom. The Kier molecular flexibility index (Phi) is 5.59. The third kappa shape index (κ3) is 4.03. The normalized spacial score (nSPS) is 16.3. The lowest BCUT2D eigenvalue weighted by atomic mass is 9.62. The first kappa shape index (κ1) is 23.0. The number of benzene rings is 2. The lowest BCUT2D eigenvalue weighted by Crippen LogP contribution is -2.34. The highest BCUT2D eigenvalue weighted by molar-refractivity contribution is 5.77. The summed E-state index contributed by atoms with van der Waals surface area (Å²) in [6.07, 6.45) is 3.70. The van der Waals surface area contributed by atoms with Crippen LogP contribution in [0.3, 0.4) is 0 Å². The zero-order valence-electron chi connectivity index (χ0n) is 20.6. The molecule has 1 aromatic heterocycles. The van der Waals surface area contributed by atoms with Crippen molar-refractivity contribution in [2.24, 2.45) is 0 Å². The number of hydrogen-bond donors (Lipinski definition) is 2. The molecule has 0 saturated heterocycles. The van der Waals surface area contributed by atoms with Gasteiger partial charge in [-0.3, -0.25) is 9.55 Å². The summed E-state index contributed by atoms with van der Waals surface area (Å²) >= 11 is 0. The van der Waals surface area contributed by atoms with Crippen molar-refractivity contribution in [2.45, 2.75) is 64.8 Å². The molecule has 0 bridgehead atoms. The van der Waals surface area contributed by atoms with Crippen LogP contribution < -0.4 is 15.2 Å². The maximum atomic E-state index is 12.2. The molecule has 6 nitrogen and oxygen atoms in total. The molecule has 0 saturated carbocycles. The quantitative estimate of drug-likeness (QED) is 0.555. The highest BCUT2D eigenvalue weighted by Crippen LogP contribution is 2.48. The Bertz CT molecular complexity index is 1260. The van der Waals surface area contributed by atoms with E-state index in [-0.39, 0.29) is 28.9 Å². The van der Waals surface area contributed by atoms with Crippen molar-refractivity contribution in [3.05, 3.63) is 63.2 Å². The van der Waals surface area contributed by atoms with Crippen LogP contribution in [0.4, 0.5) is 0 Å². The minimum atomic E-state index is -0.374. The molecule has 0 spiro atoms. The second-order valence-corrected chi connectivity index (χ2v) is 10.4. The molecule has 0 fully saturated rings. The van der Waals surface area contributed by atoms with Crippen molar-refractivity contribution < 1.29 is 14.6 Å². The van der Waals surface area contributed by atoms with Crippen molar-refractivity contribution in [3.63, 3.8) is 0 Å². The number of imidazole rings is 1. The number of aryl methyl sites for hydroxylation is 1. The van der Waals surface area contributed by atoms with Crippen molar-refractivity contribution in [2.75, 3.05) is 14.2 Å². The maximum Gasteiger partial charge on any atom is 0.328 e. The van der Waals surface area contributed by atoms with Gasteiger partial charge in [0.1, 0.15) is 11.5 Å². The number of fused-ring (bicyclic) bond motifs is 1. The predicted octanol–water partition coefficient (Wildman–Crippen LogP) is 5.27. The van der Waals surface area contributed by atoms with E-state index in [0.29, 0.717) is 5.75 Å². The van der Waals surface area contributed by atoms with Crippen molar-refractivity contribution in [1.82, 2.24) is 9.55 Å². The van der Waals surface area contributed by atoms with Gasteiger partial charge in [-0.2, -0.15) is 0 Å². The topological polar surface area (TPSA) is 76.5 Å². The summed E-state index contributed by atoms with van der Waals surface area (Å²) in [5.74, 6) is 1.18. The number of hydrogen-bond acceptors (Lipinski definition) is 4. The zero-order valence-corrected chi connectivity index (χ0v) is 20.6. The number of nitrogens with zero attached hydrogens (tertiary/aromatic N) is 1. The van der Waals surface area contributed by atoms with Crippen LogP contribution in [0.2, 0.25) is 0 Å². The van der Waals surface area contributed by atoms with E-state index in [9.17, 15) is 9.90 Å². The predicted molar refractivity (Wildman–Crippen MR) is 131 cm³/mol. The monoisotopic (exact) mass is 450 g/mol. The summed E-state index contributed by atoms with van der Waals surface area (Å²) in [6, 6.07) is 8.57. The largest absolute Gasteiger partial charge is 0.496 e. The molecule has 2 aromatic carbocycles. The SMILES string of the molecule is COc1cc(OC)c(-c2cc3c(cc2C)C(C)(C)CCC3(C)C)cc1Cn1cc(O)[nH]c1=O. The highest BCUT2D eigenvalue weighted by atomic mass is 16.5. The molecule has 1 aliphatic carbocycles. The standard InChI is InChI=1S/C27H34N2O4/c1-16-10-20-21(27(4,5)9-8-26(20,2)3)12-18(16)19-11-17(22(32-6)13-23(19)33-7)14-29-15-24(30)28-25(29)31/h10-13,15,30H,8-9,14H2,1-7H3,(H,28,31). The van der Waals surface area contributed by atoms with Gasteiger partial charge in [-0.25, -0.2) is 4.79 Å². The minimum absolute atomic E-state index is 0.0891. The van der Waals surface area contributed by atoms with E-state index in [2.05, 4.69) is 51.7 Å². The fourth-order valence-electron chi connectivity index (χ4n) is 5.03. The van der Waals surface area contributed by atoms with Crippen molar-refractivity contribution in [3.8, 4) is 28.5 Å². The molecule has 4 rings (SSSR count). The van der Waals surface area contributed by atoms with Gasteiger partial charge >= 0.3 is 5.69 Å². The number of nitrogens with one attached hydrogen (secondary N) is 1. The van der Waals surface area contributed by atoms with Gasteiger partial charge < -0.3 is 14.6 Å².